The molecule has 0 heterocycles. The third-order valence-corrected chi connectivity index (χ3v) is 14.1. The van der Waals surface area contributed by atoms with E-state index in [1.54, 1.807) is 0 Å². The maximum atomic E-state index is 2.47. The van der Waals surface area contributed by atoms with Crippen LogP contribution >= 0.6 is 0 Å². The summed E-state index contributed by atoms with van der Waals surface area (Å²) in [6, 6.07) is 59.9. The second-order valence-corrected chi connectivity index (χ2v) is 21.0. The Morgan fingerprint density at radius 2 is 0.667 bits per heavy atom. The van der Waals surface area contributed by atoms with Crippen molar-refractivity contribution in [3.05, 3.63) is 202 Å². The number of fused-ring (bicyclic) bond motifs is 2. The highest BCUT2D eigenvalue weighted by atomic mass is 15.2. The molecule has 0 saturated heterocycles. The minimum atomic E-state index is 0.0369. The molecule has 10 aromatic carbocycles. The first-order valence-corrected chi connectivity index (χ1v) is 23.7. The van der Waals surface area contributed by atoms with E-state index in [0.717, 1.165) is 22.7 Å². The van der Waals surface area contributed by atoms with Crippen molar-refractivity contribution in [2.45, 2.75) is 93.9 Å². The van der Waals surface area contributed by atoms with Gasteiger partial charge in [0, 0.05) is 22.7 Å². The van der Waals surface area contributed by atoms with Gasteiger partial charge in [0.05, 0.1) is 11.4 Å². The van der Waals surface area contributed by atoms with E-state index in [1.165, 1.54) is 110 Å². The van der Waals surface area contributed by atoms with Crippen molar-refractivity contribution in [3.63, 3.8) is 0 Å². The molecule has 0 aliphatic carbocycles. The van der Waals surface area contributed by atoms with Gasteiger partial charge >= 0.3 is 0 Å². The van der Waals surface area contributed by atoms with E-state index in [4.69, 9.17) is 0 Å². The van der Waals surface area contributed by atoms with Crippen LogP contribution in [0.4, 0.5) is 34.1 Å². The zero-order chi connectivity index (χ0) is 46.4. The first-order chi connectivity index (χ1) is 31.5. The van der Waals surface area contributed by atoms with E-state index in [2.05, 4.69) is 251 Å². The second kappa shape index (κ2) is 15.9. The lowest BCUT2D eigenvalue weighted by Gasteiger charge is -2.33. The van der Waals surface area contributed by atoms with Crippen molar-refractivity contribution in [1.82, 2.24) is 0 Å². The van der Waals surface area contributed by atoms with Crippen molar-refractivity contribution in [2.75, 3.05) is 9.80 Å². The molecule has 10 rings (SSSR count). The molecule has 0 amide bonds. The molecule has 0 atom stereocenters. The van der Waals surface area contributed by atoms with Gasteiger partial charge < -0.3 is 9.80 Å². The van der Waals surface area contributed by atoms with E-state index in [-0.39, 0.29) is 10.8 Å². The summed E-state index contributed by atoms with van der Waals surface area (Å²) in [7, 11) is 0. The van der Waals surface area contributed by atoms with E-state index in [0.29, 0.717) is 0 Å². The van der Waals surface area contributed by atoms with Crippen LogP contribution in [0.15, 0.2) is 158 Å². The van der Waals surface area contributed by atoms with E-state index < -0.39 is 0 Å². The molecule has 0 aromatic heterocycles. The van der Waals surface area contributed by atoms with Gasteiger partial charge in [-0.3, -0.25) is 0 Å². The van der Waals surface area contributed by atoms with E-state index >= 15 is 0 Å². The summed E-state index contributed by atoms with van der Waals surface area (Å²) in [5.74, 6) is 0. The number of benzene rings is 10. The fourth-order valence-corrected chi connectivity index (χ4v) is 10.6. The van der Waals surface area contributed by atoms with Crippen molar-refractivity contribution in [3.8, 4) is 11.1 Å². The molecule has 0 N–H and O–H groups in total. The summed E-state index contributed by atoms with van der Waals surface area (Å²) < 4.78 is 0. The average molecular weight is 859 g/mol. The van der Waals surface area contributed by atoms with E-state index in [9.17, 15) is 0 Å². The molecule has 328 valence electrons. The van der Waals surface area contributed by atoms with Crippen molar-refractivity contribution in [1.29, 1.82) is 0 Å². The molecule has 0 bridgehead atoms. The number of hydrogen-bond donors (Lipinski definition) is 0. The van der Waals surface area contributed by atoms with Gasteiger partial charge in [0.1, 0.15) is 0 Å². The van der Waals surface area contributed by atoms with Gasteiger partial charge in [-0.25, -0.2) is 0 Å². The Morgan fingerprint density at radius 1 is 0.318 bits per heavy atom. The highest BCUT2D eigenvalue weighted by molar-refractivity contribution is 6.34. The molecule has 0 fully saturated rings. The Morgan fingerprint density at radius 3 is 1.11 bits per heavy atom. The lowest BCUT2D eigenvalue weighted by Crippen LogP contribution is -2.17. The number of nitrogens with zero attached hydrogens (tertiary/aromatic N) is 2. The molecule has 10 aromatic rings. The molecule has 2 heteroatoms. The summed E-state index contributed by atoms with van der Waals surface area (Å²) in [4.78, 5) is 4.90. The predicted molar refractivity (Wildman–Crippen MR) is 288 cm³/mol. The first-order valence-electron chi connectivity index (χ1n) is 23.7. The Balaban J connectivity index is 1.10. The largest absolute Gasteiger partial charge is 0.310 e. The smallest absolute Gasteiger partial charge is 0.0520 e. The fraction of sp³-hybridized carbons (Fsp3) is 0.219. The van der Waals surface area contributed by atoms with Crippen LogP contribution in [0.5, 0.6) is 0 Å². The Bertz CT molecular complexity index is 3400. The van der Waals surface area contributed by atoms with Gasteiger partial charge in [-0.2, -0.15) is 0 Å². The molecule has 0 radical (unpaired) electrons. The normalized spacial score (nSPS) is 12.2. The summed E-state index contributed by atoms with van der Waals surface area (Å²) in [6.07, 6.45) is 0. The number of hydrogen-bond acceptors (Lipinski definition) is 2. The van der Waals surface area contributed by atoms with Gasteiger partial charge in [-0.05, 0) is 194 Å². The van der Waals surface area contributed by atoms with Gasteiger partial charge in [0.15, 0.2) is 0 Å². The molecule has 2 nitrogen and oxygen atoms in total. The topological polar surface area (TPSA) is 6.48 Å². The van der Waals surface area contributed by atoms with Crippen molar-refractivity contribution >= 4 is 77.2 Å². The molecular formula is C64H62N2. The van der Waals surface area contributed by atoms with Gasteiger partial charge in [-0.15, -0.1) is 0 Å². The lowest BCUT2D eigenvalue weighted by atomic mass is 9.84. The van der Waals surface area contributed by atoms with Gasteiger partial charge in [-0.1, -0.05) is 156 Å². The number of rotatable bonds is 7. The SMILES string of the molecule is Cc1ccc(N(c2ccc(N(c3ccc(-c4ccc5c6ccc(C)c7cccc(c8cccc4c85)c76)cc3)c3c(C)cc(C(C)(C)C)cc3C)cc2)c2c(C)cc(C(C)(C)C)cc2C)cc1. The van der Waals surface area contributed by atoms with Crippen LogP contribution in [0.2, 0.25) is 0 Å². The Hall–Kier alpha value is -6.90. The number of aryl methyl sites for hydroxylation is 6. The standard InChI is InChI=1S/C64H62N2/c1-39-19-24-48(25-20-39)65(61-41(3)35-46(36-42(61)4)63(7,8)9)50-28-30-51(31-29-50)66(62-43(5)37-47(38-44(62)6)64(10,11)12)49-26-22-45(23-27-49)53-33-34-58-57-32-21-40(2)52-15-13-17-55(59(52)57)56-18-14-16-54(53)60(56)58/h13-38H,1-12H3. The van der Waals surface area contributed by atoms with Gasteiger partial charge in [0.2, 0.25) is 0 Å². The molecular weight excluding hydrogens is 797 g/mol. The zero-order valence-corrected chi connectivity index (χ0v) is 40.9. The van der Waals surface area contributed by atoms with E-state index in [1.807, 2.05) is 0 Å². The monoisotopic (exact) mass is 858 g/mol. The Labute approximate surface area is 392 Å². The summed E-state index contributed by atoms with van der Waals surface area (Å²) in [5, 5.41) is 10.6. The van der Waals surface area contributed by atoms with Gasteiger partial charge in [0.25, 0.3) is 0 Å². The van der Waals surface area contributed by atoms with Crippen LogP contribution in [0, 0.1) is 41.5 Å². The van der Waals surface area contributed by atoms with Crippen LogP contribution in [-0.4, -0.2) is 0 Å². The number of anilines is 6. The van der Waals surface area contributed by atoms with Crippen LogP contribution in [0.1, 0.15) is 86.1 Å². The fourth-order valence-electron chi connectivity index (χ4n) is 10.6. The van der Waals surface area contributed by atoms with Crippen LogP contribution < -0.4 is 9.80 Å². The minimum absolute atomic E-state index is 0.0369. The summed E-state index contributed by atoms with van der Waals surface area (Å²) in [5.41, 5.74) is 19.8. The molecule has 0 aliphatic rings. The summed E-state index contributed by atoms with van der Waals surface area (Å²) >= 11 is 0. The highest BCUT2D eigenvalue weighted by Crippen LogP contribution is 2.47. The van der Waals surface area contributed by atoms with Crippen LogP contribution in [-0.2, 0) is 10.8 Å². The third kappa shape index (κ3) is 7.28. The molecule has 0 unspecified atom stereocenters. The Kier molecular flexibility index (Phi) is 10.4. The molecule has 0 spiro atoms. The van der Waals surface area contributed by atoms with Crippen molar-refractivity contribution < 1.29 is 0 Å². The maximum Gasteiger partial charge on any atom is 0.0520 e. The maximum absolute atomic E-state index is 2.47. The molecule has 0 saturated carbocycles. The quantitative estimate of drug-likeness (QED) is 0.116. The van der Waals surface area contributed by atoms with Crippen LogP contribution in [0.25, 0.3) is 54.2 Å². The lowest BCUT2D eigenvalue weighted by molar-refractivity contribution is 0.589. The highest BCUT2D eigenvalue weighted by Gasteiger charge is 2.25. The van der Waals surface area contributed by atoms with Crippen LogP contribution in [0.3, 0.4) is 0 Å². The summed E-state index contributed by atoms with van der Waals surface area (Å²) in [6.45, 7) is 27.2. The average Bonchev–Trinajstić information content (AvgIpc) is 3.28. The zero-order valence-electron chi connectivity index (χ0n) is 40.9. The molecule has 0 aliphatic heterocycles. The first kappa shape index (κ1) is 43.0. The second-order valence-electron chi connectivity index (χ2n) is 21.0. The predicted octanol–water partition coefficient (Wildman–Crippen LogP) is 18.8. The molecule has 66 heavy (non-hydrogen) atoms. The third-order valence-electron chi connectivity index (χ3n) is 14.1. The van der Waals surface area contributed by atoms with Crippen molar-refractivity contribution in [2.24, 2.45) is 0 Å². The minimum Gasteiger partial charge on any atom is -0.310 e.